The first-order valence-corrected chi connectivity index (χ1v) is 21.5. The number of aromatic nitrogens is 2. The molecule has 0 bridgehead atoms. The van der Waals surface area contributed by atoms with Crippen molar-refractivity contribution < 1.29 is 25.9 Å². The second kappa shape index (κ2) is 13.1. The Morgan fingerprint density at radius 2 is 1.73 bits per heavy atom. The number of halogens is 1. The summed E-state index contributed by atoms with van der Waals surface area (Å²) in [6.45, 7) is 5.90. The molecule has 3 heterocycles. The van der Waals surface area contributed by atoms with Gasteiger partial charge in [0.05, 0.1) is 0 Å². The zero-order valence-corrected chi connectivity index (χ0v) is 29.4. The van der Waals surface area contributed by atoms with Crippen LogP contribution in [0.1, 0.15) is 32.2 Å². The van der Waals surface area contributed by atoms with Gasteiger partial charge in [0.25, 0.3) is 0 Å². The van der Waals surface area contributed by atoms with Crippen LogP contribution in [0.15, 0.2) is 85.2 Å². The topological polar surface area (TPSA) is 25.8 Å². The fourth-order valence-corrected chi connectivity index (χ4v) is 9.66. The number of thiophene rings is 1. The quantitative estimate of drug-likeness (QED) is 0.131. The molecular weight excluding hydrogens is 764 g/mol. The molecule has 0 aliphatic carbocycles. The molecule has 3 aromatic carbocycles. The van der Waals surface area contributed by atoms with E-state index in [9.17, 15) is 4.39 Å². The Hall–Kier alpha value is -2.70. The number of pyridine rings is 2. The summed E-state index contributed by atoms with van der Waals surface area (Å²) in [4.78, 5) is 9.06. The molecule has 6 heteroatoms. The third kappa shape index (κ3) is 6.86. The van der Waals surface area contributed by atoms with E-state index in [4.69, 9.17) is 1.37 Å². The summed E-state index contributed by atoms with van der Waals surface area (Å²) in [5, 5.41) is 1.55. The van der Waals surface area contributed by atoms with E-state index < -0.39 is 19.2 Å². The second-order valence-corrected chi connectivity index (χ2v) is 22.8. The van der Waals surface area contributed by atoms with Gasteiger partial charge in [-0.15, -0.1) is 23.8 Å². The Kier molecular flexibility index (Phi) is 9.50. The molecule has 0 unspecified atom stereocenters. The van der Waals surface area contributed by atoms with E-state index in [1.54, 1.807) is 23.6 Å². The van der Waals surface area contributed by atoms with Crippen LogP contribution < -0.4 is 4.40 Å². The average Bonchev–Trinajstić information content (AvgIpc) is 3.33. The van der Waals surface area contributed by atoms with Gasteiger partial charge in [-0.3, -0.25) is 0 Å². The molecule has 0 N–H and O–H groups in total. The van der Waals surface area contributed by atoms with Crippen molar-refractivity contribution in [3.8, 4) is 22.5 Å². The van der Waals surface area contributed by atoms with Crippen LogP contribution in [0.5, 0.6) is 0 Å². The number of hydrogen-bond donors (Lipinski definition) is 0. The molecule has 41 heavy (non-hydrogen) atoms. The largest absolute Gasteiger partial charge is 0.305 e. The van der Waals surface area contributed by atoms with Crippen molar-refractivity contribution in [2.75, 3.05) is 0 Å². The van der Waals surface area contributed by atoms with Gasteiger partial charge in [0, 0.05) is 37.8 Å². The molecule has 3 aromatic heterocycles. The van der Waals surface area contributed by atoms with Crippen LogP contribution in [0.25, 0.3) is 42.7 Å². The first-order valence-electron chi connectivity index (χ1n) is 13.9. The minimum atomic E-state index is -1.77. The van der Waals surface area contributed by atoms with E-state index in [1.807, 2.05) is 62.4 Å². The maximum Gasteiger partial charge on any atom is 0.130 e. The van der Waals surface area contributed by atoms with Crippen molar-refractivity contribution in [3.63, 3.8) is 0 Å². The van der Waals surface area contributed by atoms with Crippen molar-refractivity contribution in [3.05, 3.63) is 114 Å². The Labute approximate surface area is 264 Å². The third-order valence-corrected chi connectivity index (χ3v) is 12.6. The summed E-state index contributed by atoms with van der Waals surface area (Å²) in [6.07, 6.45) is 3.80. The molecule has 2 nitrogen and oxygen atoms in total. The van der Waals surface area contributed by atoms with E-state index in [0.717, 1.165) is 42.9 Å². The van der Waals surface area contributed by atoms with Crippen molar-refractivity contribution in [1.29, 1.82) is 0 Å². The average molecular weight is 799 g/mol. The Morgan fingerprint density at radius 1 is 0.927 bits per heavy atom. The van der Waals surface area contributed by atoms with Gasteiger partial charge < -0.3 is 4.98 Å². The van der Waals surface area contributed by atoms with Crippen LogP contribution in [0.4, 0.5) is 4.39 Å². The van der Waals surface area contributed by atoms with Crippen LogP contribution in [0.3, 0.4) is 0 Å². The molecule has 0 fully saturated rings. The summed E-state index contributed by atoms with van der Waals surface area (Å²) in [7, 11) is 0. The molecule has 0 saturated carbocycles. The van der Waals surface area contributed by atoms with Gasteiger partial charge in [-0.25, -0.2) is 4.39 Å². The Bertz CT molecular complexity index is 1840. The summed E-state index contributed by atoms with van der Waals surface area (Å²) < 4.78 is 25.9. The maximum atomic E-state index is 14.3. The normalized spacial score (nSPS) is 11.9. The summed E-state index contributed by atoms with van der Waals surface area (Å²) in [6, 6.07) is 29.3. The molecule has 0 amide bonds. The zero-order valence-electron chi connectivity index (χ0n) is 25.1. The predicted molar refractivity (Wildman–Crippen MR) is 172 cm³/mol. The van der Waals surface area contributed by atoms with E-state index in [2.05, 4.69) is 64.6 Å². The van der Waals surface area contributed by atoms with Crippen molar-refractivity contribution in [2.45, 2.75) is 43.9 Å². The van der Waals surface area contributed by atoms with Gasteiger partial charge in [0.2, 0.25) is 0 Å². The summed E-state index contributed by atoms with van der Waals surface area (Å²) in [5.41, 5.74) is 6.00. The van der Waals surface area contributed by atoms with E-state index in [0.29, 0.717) is 5.39 Å². The predicted octanol–water partition coefficient (Wildman–Crippen LogP) is 9.58. The minimum absolute atomic E-state index is 0. The van der Waals surface area contributed by atoms with Crippen molar-refractivity contribution in [2.24, 2.45) is 0 Å². The smallest absolute Gasteiger partial charge is 0.130 e. The number of aryl methyl sites for hydroxylation is 1. The zero-order chi connectivity index (χ0) is 29.4. The van der Waals surface area contributed by atoms with E-state index in [1.165, 1.54) is 16.0 Å². The van der Waals surface area contributed by atoms with Crippen LogP contribution >= 0.6 is 11.3 Å². The van der Waals surface area contributed by atoms with Crippen LogP contribution in [0.2, 0.25) is 17.3 Å². The summed E-state index contributed by atoms with van der Waals surface area (Å²) >= 11 is -0.220. The van der Waals surface area contributed by atoms with Crippen LogP contribution in [-0.4, -0.2) is 23.2 Å². The molecule has 0 aliphatic heterocycles. The second-order valence-electron chi connectivity index (χ2n) is 11.2. The van der Waals surface area contributed by atoms with Crippen LogP contribution in [0, 0.1) is 24.9 Å². The molecule has 6 aromatic rings. The SMILES string of the molecule is Cc1cc(-c2[c-]cccc2)nc[c]1[Ge]([CH3])([CH3])[CH3].[2H]C(C)(C)c1ccnc(-c2[c-]ccc3c2sc2cccc(F)c23)c1.[Ir]. The molecule has 0 spiro atoms. The maximum absolute atomic E-state index is 14.3. The molecule has 0 aliphatic rings. The van der Waals surface area contributed by atoms with Crippen LogP contribution in [-0.2, 0) is 20.1 Å². The number of fused-ring (bicyclic) bond motifs is 3. The molecule has 211 valence electrons. The summed E-state index contributed by atoms with van der Waals surface area (Å²) in [5.74, 6) is 6.30. The monoisotopic (exact) mass is 800 g/mol. The minimum Gasteiger partial charge on any atom is -0.305 e. The van der Waals surface area contributed by atoms with E-state index >= 15 is 0 Å². The first-order chi connectivity index (χ1) is 19.4. The third-order valence-electron chi connectivity index (χ3n) is 6.90. The van der Waals surface area contributed by atoms with E-state index in [-0.39, 0.29) is 25.9 Å². The number of benzene rings is 3. The molecule has 1 radical (unpaired) electrons. The number of nitrogens with zero attached hydrogens (tertiary/aromatic N) is 2. The number of hydrogen-bond acceptors (Lipinski definition) is 3. The standard InChI is InChI=1S/C20H15FNS.C15H18GeN.Ir/c1-12(2)13-9-10-22-17(11-13)14-5-3-6-15-19-16(21)7-4-8-18(19)23-20(14)15;1-12-10-15(13-8-6-5-7-9-13)17-11-14(12)16(2,3)4;/h3-4,6-12H,1-2H3;5-8,10-11H,1-4H3;/q2*-1;/i12D;;. The van der Waals surface area contributed by atoms with Gasteiger partial charge in [-0.2, -0.15) is 11.3 Å². The molecule has 0 atom stereocenters. The first kappa shape index (κ1) is 29.8. The Morgan fingerprint density at radius 3 is 2.41 bits per heavy atom. The Balaban J connectivity index is 0.000000200. The fourth-order valence-electron chi connectivity index (χ4n) is 4.86. The van der Waals surface area contributed by atoms with Gasteiger partial charge >= 0.3 is 106 Å². The van der Waals surface area contributed by atoms with Crippen molar-refractivity contribution >= 4 is 49.2 Å². The van der Waals surface area contributed by atoms with Gasteiger partial charge in [0.1, 0.15) is 5.82 Å². The number of rotatable bonds is 4. The molecule has 6 rings (SSSR count). The van der Waals surface area contributed by atoms with Gasteiger partial charge in [-0.05, 0) is 34.5 Å². The molecule has 0 saturated heterocycles. The van der Waals surface area contributed by atoms with Gasteiger partial charge in [0.15, 0.2) is 0 Å². The fraction of sp³-hybridized carbons (Fsp3) is 0.200. The van der Waals surface area contributed by atoms with Crippen molar-refractivity contribution in [1.82, 2.24) is 9.97 Å². The molecular formula is C35H33FGeIrN2S-2. The van der Waals surface area contributed by atoms with Gasteiger partial charge in [-0.1, -0.05) is 36.9 Å².